The molecule has 0 saturated carbocycles. The second kappa shape index (κ2) is 4.30. The van der Waals surface area contributed by atoms with Crippen molar-refractivity contribution < 1.29 is 9.53 Å². The van der Waals surface area contributed by atoms with Crippen LogP contribution in [0.3, 0.4) is 0 Å². The van der Waals surface area contributed by atoms with E-state index in [2.05, 4.69) is 4.98 Å². The van der Waals surface area contributed by atoms with Gasteiger partial charge in [0.15, 0.2) is 5.78 Å². The molecule has 0 fully saturated rings. The van der Waals surface area contributed by atoms with Gasteiger partial charge in [-0.3, -0.25) is 4.79 Å². The summed E-state index contributed by atoms with van der Waals surface area (Å²) in [5, 5.41) is 9.42. The Labute approximate surface area is 98.8 Å². The number of benzene rings is 1. The van der Waals surface area contributed by atoms with Crippen molar-refractivity contribution in [2.24, 2.45) is 0 Å². The fraction of sp³-hybridized carbons (Fsp3) is 0.231. The normalized spacial score (nSPS) is 10.2. The zero-order chi connectivity index (χ0) is 12.4. The van der Waals surface area contributed by atoms with Crippen LogP contribution in [0.4, 0.5) is 0 Å². The predicted octanol–water partition coefficient (Wildman–Crippen LogP) is 2.58. The van der Waals surface area contributed by atoms with E-state index >= 15 is 0 Å². The number of aryl methyl sites for hydroxylation is 1. The van der Waals surface area contributed by atoms with Gasteiger partial charge in [0.1, 0.15) is 5.75 Å². The zero-order valence-corrected chi connectivity index (χ0v) is 9.70. The summed E-state index contributed by atoms with van der Waals surface area (Å²) in [4.78, 5) is 15.0. The Balaban J connectivity index is 2.61. The van der Waals surface area contributed by atoms with E-state index in [-0.39, 0.29) is 12.2 Å². The SMILES string of the molecule is COc1ccc2c(C(=O)CC#N)c(C)[nH]c2c1. The molecular formula is C13H12N2O2. The van der Waals surface area contributed by atoms with Crippen molar-refractivity contribution in [3.63, 3.8) is 0 Å². The molecule has 86 valence electrons. The molecule has 0 amide bonds. The number of ketones is 1. The van der Waals surface area contributed by atoms with E-state index in [1.807, 2.05) is 25.1 Å². The molecule has 0 atom stereocenters. The molecule has 0 aliphatic rings. The third-order valence-corrected chi connectivity index (χ3v) is 2.71. The highest BCUT2D eigenvalue weighted by Crippen LogP contribution is 2.26. The molecule has 0 bridgehead atoms. The summed E-state index contributed by atoms with van der Waals surface area (Å²) in [6, 6.07) is 7.36. The molecule has 4 heteroatoms. The highest BCUT2D eigenvalue weighted by atomic mass is 16.5. The van der Waals surface area contributed by atoms with Crippen molar-refractivity contribution in [2.45, 2.75) is 13.3 Å². The summed E-state index contributed by atoms with van der Waals surface area (Å²) in [5.41, 5.74) is 2.24. The van der Waals surface area contributed by atoms with Crippen LogP contribution in [0.2, 0.25) is 0 Å². The summed E-state index contributed by atoms with van der Waals surface area (Å²) < 4.78 is 5.12. The number of nitrogens with zero attached hydrogens (tertiary/aromatic N) is 1. The Kier molecular flexibility index (Phi) is 2.84. The number of H-pyrrole nitrogens is 1. The van der Waals surface area contributed by atoms with Gasteiger partial charge in [0.2, 0.25) is 0 Å². The number of aromatic amines is 1. The lowest BCUT2D eigenvalue weighted by molar-refractivity contribution is 0.0999. The van der Waals surface area contributed by atoms with E-state index in [0.717, 1.165) is 22.3 Å². The number of ether oxygens (including phenoxy) is 1. The maximum atomic E-state index is 11.8. The molecule has 2 aromatic rings. The standard InChI is InChI=1S/C13H12N2O2/c1-8-13(12(16)5-6-14)10-4-3-9(17-2)7-11(10)15-8/h3-4,7,15H,5H2,1-2H3. The summed E-state index contributed by atoms with van der Waals surface area (Å²) >= 11 is 0. The third-order valence-electron chi connectivity index (χ3n) is 2.71. The van der Waals surface area contributed by atoms with Crippen molar-refractivity contribution in [1.82, 2.24) is 4.98 Å². The number of methoxy groups -OCH3 is 1. The van der Waals surface area contributed by atoms with Gasteiger partial charge in [-0.1, -0.05) is 0 Å². The van der Waals surface area contributed by atoms with E-state index < -0.39 is 0 Å². The summed E-state index contributed by atoms with van der Waals surface area (Å²) in [6.45, 7) is 1.83. The average molecular weight is 228 g/mol. The van der Waals surface area contributed by atoms with Crippen LogP contribution in [0, 0.1) is 18.3 Å². The molecule has 1 heterocycles. The summed E-state index contributed by atoms with van der Waals surface area (Å²) in [7, 11) is 1.60. The van der Waals surface area contributed by atoms with Crippen LogP contribution in [0.15, 0.2) is 18.2 Å². The van der Waals surface area contributed by atoms with Crippen LogP contribution < -0.4 is 4.74 Å². The summed E-state index contributed by atoms with van der Waals surface area (Å²) in [5.74, 6) is 0.583. The second-order valence-electron chi connectivity index (χ2n) is 3.79. The number of hydrogen-bond acceptors (Lipinski definition) is 3. The van der Waals surface area contributed by atoms with E-state index in [1.54, 1.807) is 13.2 Å². The first-order valence-corrected chi connectivity index (χ1v) is 5.24. The smallest absolute Gasteiger partial charge is 0.179 e. The quantitative estimate of drug-likeness (QED) is 0.821. The van der Waals surface area contributed by atoms with Gasteiger partial charge in [-0.15, -0.1) is 0 Å². The van der Waals surface area contributed by atoms with E-state index in [4.69, 9.17) is 10.00 Å². The number of carbonyl (C=O) groups is 1. The molecule has 17 heavy (non-hydrogen) atoms. The Morgan fingerprint density at radius 2 is 2.29 bits per heavy atom. The first-order valence-electron chi connectivity index (χ1n) is 5.24. The van der Waals surface area contributed by atoms with Gasteiger partial charge in [-0.2, -0.15) is 5.26 Å². The van der Waals surface area contributed by atoms with Crippen LogP contribution in [-0.4, -0.2) is 17.9 Å². The number of aromatic nitrogens is 1. The number of hydrogen-bond donors (Lipinski definition) is 1. The highest BCUT2D eigenvalue weighted by molar-refractivity contribution is 6.10. The minimum Gasteiger partial charge on any atom is -0.497 e. The number of Topliss-reactive ketones (excluding diaryl/α,β-unsaturated/α-hetero) is 1. The zero-order valence-electron chi connectivity index (χ0n) is 9.70. The van der Waals surface area contributed by atoms with Gasteiger partial charge in [0, 0.05) is 22.7 Å². The van der Waals surface area contributed by atoms with Crippen LogP contribution in [0.5, 0.6) is 5.75 Å². The van der Waals surface area contributed by atoms with Crippen molar-refractivity contribution in [2.75, 3.05) is 7.11 Å². The Hall–Kier alpha value is -2.28. The Bertz CT molecular complexity index is 620. The molecular weight excluding hydrogens is 216 g/mol. The van der Waals surface area contributed by atoms with Crippen LogP contribution in [0.25, 0.3) is 10.9 Å². The van der Waals surface area contributed by atoms with Gasteiger partial charge in [0.05, 0.1) is 25.1 Å². The second-order valence-corrected chi connectivity index (χ2v) is 3.79. The van der Waals surface area contributed by atoms with Gasteiger partial charge in [-0.25, -0.2) is 0 Å². The lowest BCUT2D eigenvalue weighted by Gasteiger charge is -1.99. The lowest BCUT2D eigenvalue weighted by Crippen LogP contribution is -1.98. The first kappa shape index (κ1) is 11.2. The van der Waals surface area contributed by atoms with Crippen LogP contribution in [-0.2, 0) is 0 Å². The topological polar surface area (TPSA) is 65.9 Å². The minimum atomic E-state index is -0.151. The number of fused-ring (bicyclic) bond motifs is 1. The summed E-state index contributed by atoms with van der Waals surface area (Å²) in [6.07, 6.45) is -0.0974. The Morgan fingerprint density at radius 3 is 2.94 bits per heavy atom. The molecule has 0 saturated heterocycles. The van der Waals surface area contributed by atoms with Gasteiger partial charge in [-0.05, 0) is 19.1 Å². The molecule has 0 aliphatic heterocycles. The fourth-order valence-corrected chi connectivity index (χ4v) is 1.96. The molecule has 0 spiro atoms. The number of nitriles is 1. The van der Waals surface area contributed by atoms with Crippen molar-refractivity contribution in [3.05, 3.63) is 29.5 Å². The molecule has 1 aromatic carbocycles. The van der Waals surface area contributed by atoms with Gasteiger partial charge in [0.25, 0.3) is 0 Å². The Morgan fingerprint density at radius 1 is 1.53 bits per heavy atom. The average Bonchev–Trinajstić information content (AvgIpc) is 2.64. The maximum absolute atomic E-state index is 11.8. The molecule has 0 aliphatic carbocycles. The van der Waals surface area contributed by atoms with E-state index in [0.29, 0.717) is 5.56 Å². The largest absolute Gasteiger partial charge is 0.497 e. The lowest BCUT2D eigenvalue weighted by atomic mass is 10.0. The molecule has 1 aromatic heterocycles. The monoisotopic (exact) mass is 228 g/mol. The van der Waals surface area contributed by atoms with E-state index in [9.17, 15) is 4.79 Å². The van der Waals surface area contributed by atoms with Crippen LogP contribution >= 0.6 is 0 Å². The van der Waals surface area contributed by atoms with E-state index in [1.165, 1.54) is 0 Å². The molecule has 2 rings (SSSR count). The molecule has 0 unspecified atom stereocenters. The van der Waals surface area contributed by atoms with Crippen molar-refractivity contribution >= 4 is 16.7 Å². The number of carbonyl (C=O) groups excluding carboxylic acids is 1. The number of rotatable bonds is 3. The van der Waals surface area contributed by atoms with Gasteiger partial charge < -0.3 is 9.72 Å². The molecule has 0 radical (unpaired) electrons. The maximum Gasteiger partial charge on any atom is 0.179 e. The minimum absolute atomic E-state index is 0.0974. The van der Waals surface area contributed by atoms with Crippen molar-refractivity contribution in [1.29, 1.82) is 5.26 Å². The predicted molar refractivity (Wildman–Crippen MR) is 64.1 cm³/mol. The number of nitrogens with one attached hydrogen (secondary N) is 1. The van der Waals surface area contributed by atoms with Crippen LogP contribution in [0.1, 0.15) is 22.5 Å². The highest BCUT2D eigenvalue weighted by Gasteiger charge is 2.15. The fourth-order valence-electron chi connectivity index (χ4n) is 1.96. The molecule has 4 nitrogen and oxygen atoms in total. The first-order chi connectivity index (χ1) is 8.17. The van der Waals surface area contributed by atoms with Gasteiger partial charge >= 0.3 is 0 Å². The third kappa shape index (κ3) is 1.87. The van der Waals surface area contributed by atoms with Crippen molar-refractivity contribution in [3.8, 4) is 11.8 Å². The molecule has 1 N–H and O–H groups in total.